The zero-order chi connectivity index (χ0) is 11.8. The SMILES string of the molecule is O=C1NCCN1Cc1cc(Br)cc2c1OCC2. The van der Waals surface area contributed by atoms with Crippen molar-refractivity contribution >= 4 is 22.0 Å². The summed E-state index contributed by atoms with van der Waals surface area (Å²) < 4.78 is 6.70. The molecule has 0 aromatic heterocycles. The summed E-state index contributed by atoms with van der Waals surface area (Å²) in [6, 6.07) is 4.14. The van der Waals surface area contributed by atoms with Crippen LogP contribution in [0.1, 0.15) is 11.1 Å². The highest BCUT2D eigenvalue weighted by atomic mass is 79.9. The molecule has 90 valence electrons. The summed E-state index contributed by atoms with van der Waals surface area (Å²) in [5, 5.41) is 2.81. The van der Waals surface area contributed by atoms with Gasteiger partial charge in [-0.3, -0.25) is 0 Å². The minimum atomic E-state index is 0.0109. The highest BCUT2D eigenvalue weighted by Gasteiger charge is 2.23. The number of benzene rings is 1. The molecule has 0 unspecified atom stereocenters. The second kappa shape index (κ2) is 4.22. The fourth-order valence-electron chi connectivity index (χ4n) is 2.33. The van der Waals surface area contributed by atoms with Gasteiger partial charge in [0.15, 0.2) is 0 Å². The highest BCUT2D eigenvalue weighted by molar-refractivity contribution is 9.10. The van der Waals surface area contributed by atoms with E-state index in [0.29, 0.717) is 6.54 Å². The molecule has 3 rings (SSSR count). The predicted molar refractivity (Wildman–Crippen MR) is 67.1 cm³/mol. The second-order valence-electron chi connectivity index (χ2n) is 4.31. The fourth-order valence-corrected chi connectivity index (χ4v) is 2.88. The molecule has 1 aromatic rings. The van der Waals surface area contributed by atoms with E-state index in [4.69, 9.17) is 4.74 Å². The van der Waals surface area contributed by atoms with Crippen molar-refractivity contribution < 1.29 is 9.53 Å². The predicted octanol–water partition coefficient (Wildman–Crippen LogP) is 1.91. The lowest BCUT2D eigenvalue weighted by atomic mass is 10.1. The first kappa shape index (κ1) is 10.9. The van der Waals surface area contributed by atoms with Crippen LogP contribution in [0.5, 0.6) is 5.75 Å². The van der Waals surface area contributed by atoms with Gasteiger partial charge in [0.25, 0.3) is 0 Å². The lowest BCUT2D eigenvalue weighted by molar-refractivity contribution is 0.215. The van der Waals surface area contributed by atoms with Crippen LogP contribution in [0.4, 0.5) is 4.79 Å². The number of amides is 2. The van der Waals surface area contributed by atoms with Gasteiger partial charge in [-0.25, -0.2) is 4.79 Å². The average Bonchev–Trinajstić information content (AvgIpc) is 2.88. The Morgan fingerprint density at radius 3 is 3.12 bits per heavy atom. The minimum absolute atomic E-state index is 0.0109. The number of rotatable bonds is 2. The van der Waals surface area contributed by atoms with E-state index in [2.05, 4.69) is 27.3 Å². The van der Waals surface area contributed by atoms with E-state index in [0.717, 1.165) is 41.9 Å². The Morgan fingerprint density at radius 2 is 2.35 bits per heavy atom. The molecule has 0 saturated carbocycles. The van der Waals surface area contributed by atoms with Gasteiger partial charge in [-0.15, -0.1) is 0 Å². The number of ether oxygens (including phenoxy) is 1. The molecule has 0 spiro atoms. The molecule has 1 saturated heterocycles. The normalized spacial score (nSPS) is 17.9. The second-order valence-corrected chi connectivity index (χ2v) is 5.22. The molecular weight excluding hydrogens is 284 g/mol. The third kappa shape index (κ3) is 1.99. The summed E-state index contributed by atoms with van der Waals surface area (Å²) in [5.74, 6) is 0.966. The molecule has 17 heavy (non-hydrogen) atoms. The molecule has 2 amide bonds. The first-order valence-electron chi connectivity index (χ1n) is 5.71. The van der Waals surface area contributed by atoms with E-state index < -0.39 is 0 Å². The molecule has 1 aromatic carbocycles. The van der Waals surface area contributed by atoms with Gasteiger partial charge in [-0.1, -0.05) is 15.9 Å². The Balaban J connectivity index is 1.90. The lowest BCUT2D eigenvalue weighted by Crippen LogP contribution is -2.27. The summed E-state index contributed by atoms with van der Waals surface area (Å²) in [6.45, 7) is 2.86. The molecule has 2 aliphatic heterocycles. The van der Waals surface area contributed by atoms with Crippen LogP contribution in [0.15, 0.2) is 16.6 Å². The summed E-state index contributed by atoms with van der Waals surface area (Å²) >= 11 is 3.51. The van der Waals surface area contributed by atoms with Crippen LogP contribution >= 0.6 is 15.9 Å². The monoisotopic (exact) mass is 296 g/mol. The molecule has 0 atom stereocenters. The van der Waals surface area contributed by atoms with Crippen molar-refractivity contribution in [1.82, 2.24) is 10.2 Å². The Kier molecular flexibility index (Phi) is 2.70. The molecule has 1 fully saturated rings. The number of halogens is 1. The van der Waals surface area contributed by atoms with Crippen molar-refractivity contribution in [3.05, 3.63) is 27.7 Å². The standard InChI is InChI=1S/C12H13BrN2O2/c13-10-5-8-1-4-17-11(8)9(6-10)7-15-3-2-14-12(15)16/h5-6H,1-4,7H2,(H,14,16). The molecule has 5 heteroatoms. The zero-order valence-corrected chi connectivity index (χ0v) is 10.9. The van der Waals surface area contributed by atoms with E-state index in [-0.39, 0.29) is 6.03 Å². The molecule has 0 radical (unpaired) electrons. The molecule has 0 bridgehead atoms. The smallest absolute Gasteiger partial charge is 0.317 e. The van der Waals surface area contributed by atoms with Gasteiger partial charge in [-0.2, -0.15) is 0 Å². The Labute approximate surface area is 108 Å². The molecule has 0 aliphatic carbocycles. The van der Waals surface area contributed by atoms with Crippen LogP contribution in [0.25, 0.3) is 0 Å². The third-order valence-electron chi connectivity index (χ3n) is 3.13. The fraction of sp³-hybridized carbons (Fsp3) is 0.417. The van der Waals surface area contributed by atoms with Gasteiger partial charge in [0.2, 0.25) is 0 Å². The summed E-state index contributed by atoms with van der Waals surface area (Å²) in [5.41, 5.74) is 2.32. The van der Waals surface area contributed by atoms with Crippen molar-refractivity contribution in [2.24, 2.45) is 0 Å². The first-order chi connectivity index (χ1) is 8.24. The summed E-state index contributed by atoms with van der Waals surface area (Å²) in [6.07, 6.45) is 0.952. The van der Waals surface area contributed by atoms with Gasteiger partial charge in [0.05, 0.1) is 13.2 Å². The number of nitrogens with zero attached hydrogens (tertiary/aromatic N) is 1. The molecule has 4 nitrogen and oxygen atoms in total. The van der Waals surface area contributed by atoms with Crippen molar-refractivity contribution in [1.29, 1.82) is 0 Å². The molecule has 2 heterocycles. The number of fused-ring (bicyclic) bond motifs is 1. The lowest BCUT2D eigenvalue weighted by Gasteiger charge is -2.16. The van der Waals surface area contributed by atoms with E-state index in [1.165, 1.54) is 5.56 Å². The van der Waals surface area contributed by atoms with Crippen LogP contribution < -0.4 is 10.1 Å². The maximum Gasteiger partial charge on any atom is 0.317 e. The van der Waals surface area contributed by atoms with Crippen molar-refractivity contribution in [3.63, 3.8) is 0 Å². The van der Waals surface area contributed by atoms with Crippen LogP contribution in [0.2, 0.25) is 0 Å². The Morgan fingerprint density at radius 1 is 1.47 bits per heavy atom. The van der Waals surface area contributed by atoms with Crippen molar-refractivity contribution in [2.45, 2.75) is 13.0 Å². The van der Waals surface area contributed by atoms with E-state index >= 15 is 0 Å². The van der Waals surface area contributed by atoms with E-state index in [1.54, 1.807) is 0 Å². The minimum Gasteiger partial charge on any atom is -0.493 e. The number of carbonyl (C=O) groups is 1. The highest BCUT2D eigenvalue weighted by Crippen LogP contribution is 2.33. The molecule has 1 N–H and O–H groups in total. The summed E-state index contributed by atoms with van der Waals surface area (Å²) in [4.78, 5) is 13.3. The van der Waals surface area contributed by atoms with Crippen LogP contribution in [0.3, 0.4) is 0 Å². The third-order valence-corrected chi connectivity index (χ3v) is 3.59. The molecule has 2 aliphatic rings. The number of urea groups is 1. The zero-order valence-electron chi connectivity index (χ0n) is 9.33. The average molecular weight is 297 g/mol. The van der Waals surface area contributed by atoms with Crippen molar-refractivity contribution in [3.8, 4) is 5.75 Å². The molecular formula is C12H13BrN2O2. The first-order valence-corrected chi connectivity index (χ1v) is 6.50. The van der Waals surface area contributed by atoms with Gasteiger partial charge in [-0.05, 0) is 17.7 Å². The van der Waals surface area contributed by atoms with Gasteiger partial charge < -0.3 is 15.0 Å². The Bertz CT molecular complexity index is 476. The largest absolute Gasteiger partial charge is 0.493 e. The topological polar surface area (TPSA) is 41.6 Å². The summed E-state index contributed by atoms with van der Waals surface area (Å²) in [7, 11) is 0. The van der Waals surface area contributed by atoms with Gasteiger partial charge in [0.1, 0.15) is 5.75 Å². The van der Waals surface area contributed by atoms with E-state index in [9.17, 15) is 4.79 Å². The number of hydrogen-bond acceptors (Lipinski definition) is 2. The van der Waals surface area contributed by atoms with Gasteiger partial charge in [0, 0.05) is 29.5 Å². The van der Waals surface area contributed by atoms with E-state index in [1.807, 2.05) is 11.0 Å². The maximum atomic E-state index is 11.5. The quantitative estimate of drug-likeness (QED) is 0.906. The van der Waals surface area contributed by atoms with Crippen LogP contribution in [-0.4, -0.2) is 30.6 Å². The van der Waals surface area contributed by atoms with Crippen LogP contribution in [-0.2, 0) is 13.0 Å². The maximum absolute atomic E-state index is 11.5. The van der Waals surface area contributed by atoms with Crippen LogP contribution in [0, 0.1) is 0 Å². The van der Waals surface area contributed by atoms with Crippen molar-refractivity contribution in [2.75, 3.05) is 19.7 Å². The number of nitrogens with one attached hydrogen (secondary N) is 1. The number of carbonyl (C=O) groups excluding carboxylic acids is 1. The van der Waals surface area contributed by atoms with Gasteiger partial charge >= 0.3 is 6.03 Å². The Hall–Kier alpha value is -1.23. The number of hydrogen-bond donors (Lipinski definition) is 1.